The van der Waals surface area contributed by atoms with Gasteiger partial charge >= 0.3 is 5.97 Å². The van der Waals surface area contributed by atoms with Gasteiger partial charge in [0.25, 0.3) is 0 Å². The van der Waals surface area contributed by atoms with Crippen molar-refractivity contribution in [1.29, 1.82) is 0 Å². The van der Waals surface area contributed by atoms with Crippen molar-refractivity contribution < 1.29 is 24.2 Å². The first-order valence-electron chi connectivity index (χ1n) is 6.57. The first-order chi connectivity index (χ1) is 10.1. The highest BCUT2D eigenvalue weighted by atomic mass is 16.5. The van der Waals surface area contributed by atoms with Crippen molar-refractivity contribution in [2.75, 3.05) is 11.9 Å². The minimum absolute atomic E-state index is 0.189. The maximum atomic E-state index is 11.8. The van der Waals surface area contributed by atoms with Crippen LogP contribution in [0, 0.1) is 0 Å². The molecule has 0 spiro atoms. The number of hydrogen-bond donors (Lipinski definition) is 3. The Balaban J connectivity index is 1.74. The van der Waals surface area contributed by atoms with Gasteiger partial charge in [0.1, 0.15) is 6.10 Å². The van der Waals surface area contributed by atoms with Crippen molar-refractivity contribution in [3.05, 3.63) is 30.3 Å². The summed E-state index contributed by atoms with van der Waals surface area (Å²) in [5.41, 5.74) is 0.639. The van der Waals surface area contributed by atoms with Crippen molar-refractivity contribution in [3.63, 3.8) is 0 Å². The molecule has 1 aromatic rings. The summed E-state index contributed by atoms with van der Waals surface area (Å²) in [6.07, 6.45) is -1.12. The maximum absolute atomic E-state index is 11.8. The molecule has 2 atom stereocenters. The Morgan fingerprint density at radius 3 is 2.43 bits per heavy atom. The predicted molar refractivity (Wildman–Crippen MR) is 73.6 cm³/mol. The van der Waals surface area contributed by atoms with E-state index in [9.17, 15) is 14.4 Å². The van der Waals surface area contributed by atoms with Crippen LogP contribution in [0.3, 0.4) is 0 Å². The van der Waals surface area contributed by atoms with Crippen LogP contribution in [0.2, 0.25) is 0 Å². The van der Waals surface area contributed by atoms with Gasteiger partial charge in [-0.3, -0.25) is 9.59 Å². The number of carboxylic acid groups (broad SMARTS) is 1. The maximum Gasteiger partial charge on any atom is 0.332 e. The molecule has 1 aliphatic rings. The number of ether oxygens (including phenoxy) is 1. The quantitative estimate of drug-likeness (QED) is 0.727. The number of benzene rings is 1. The van der Waals surface area contributed by atoms with E-state index >= 15 is 0 Å². The fourth-order valence-electron chi connectivity index (χ4n) is 2.02. The second-order valence-corrected chi connectivity index (χ2v) is 4.66. The Bertz CT molecular complexity index is 531. The monoisotopic (exact) mass is 292 g/mol. The fraction of sp³-hybridized carbons (Fsp3) is 0.357. The second kappa shape index (κ2) is 6.85. The zero-order valence-electron chi connectivity index (χ0n) is 11.2. The summed E-state index contributed by atoms with van der Waals surface area (Å²) in [6.45, 7) is -0.189. The number of nitrogens with one attached hydrogen (secondary N) is 2. The molecule has 1 saturated heterocycles. The number of anilines is 1. The largest absolute Gasteiger partial charge is 0.479 e. The number of carbonyl (C=O) groups is 3. The van der Waals surface area contributed by atoms with Crippen molar-refractivity contribution in [1.82, 2.24) is 5.32 Å². The van der Waals surface area contributed by atoms with Crippen molar-refractivity contribution >= 4 is 23.5 Å². The molecule has 1 aromatic carbocycles. The van der Waals surface area contributed by atoms with Crippen molar-refractivity contribution in [3.8, 4) is 0 Å². The zero-order chi connectivity index (χ0) is 15.2. The van der Waals surface area contributed by atoms with E-state index in [1.807, 2.05) is 6.07 Å². The average Bonchev–Trinajstić information content (AvgIpc) is 2.96. The van der Waals surface area contributed by atoms with Crippen LogP contribution in [0.5, 0.6) is 0 Å². The molecule has 1 fully saturated rings. The Hall–Kier alpha value is -2.41. The lowest BCUT2D eigenvalue weighted by atomic mass is 10.2. The molecule has 7 nitrogen and oxygen atoms in total. The fourth-order valence-corrected chi connectivity index (χ4v) is 2.02. The van der Waals surface area contributed by atoms with Gasteiger partial charge in [-0.15, -0.1) is 0 Å². The van der Waals surface area contributed by atoms with Crippen LogP contribution in [0.25, 0.3) is 0 Å². The van der Waals surface area contributed by atoms with Crippen molar-refractivity contribution in [2.45, 2.75) is 25.0 Å². The third kappa shape index (κ3) is 4.28. The van der Waals surface area contributed by atoms with Crippen LogP contribution in [0.15, 0.2) is 30.3 Å². The predicted octanol–water partition coefficient (Wildman–Crippen LogP) is 0.373. The van der Waals surface area contributed by atoms with E-state index in [4.69, 9.17) is 9.84 Å². The van der Waals surface area contributed by atoms with Crippen LogP contribution in [0.4, 0.5) is 5.69 Å². The smallest absolute Gasteiger partial charge is 0.332 e. The molecule has 2 rings (SSSR count). The summed E-state index contributed by atoms with van der Waals surface area (Å²) in [6, 6.07) is 8.86. The highest BCUT2D eigenvalue weighted by Crippen LogP contribution is 2.19. The highest BCUT2D eigenvalue weighted by molar-refractivity contribution is 5.95. The van der Waals surface area contributed by atoms with Gasteiger partial charge in [-0.05, 0) is 25.0 Å². The number of amides is 2. The van der Waals surface area contributed by atoms with Crippen LogP contribution in [0.1, 0.15) is 12.8 Å². The topological polar surface area (TPSA) is 105 Å². The Morgan fingerprint density at radius 1 is 1.14 bits per heavy atom. The summed E-state index contributed by atoms with van der Waals surface area (Å²) < 4.78 is 5.09. The van der Waals surface area contributed by atoms with E-state index in [-0.39, 0.29) is 12.5 Å². The molecule has 0 unspecified atom stereocenters. The van der Waals surface area contributed by atoms with Gasteiger partial charge in [0.15, 0.2) is 6.10 Å². The van der Waals surface area contributed by atoms with Crippen LogP contribution in [-0.2, 0) is 19.1 Å². The third-order valence-electron chi connectivity index (χ3n) is 3.07. The first-order valence-corrected chi connectivity index (χ1v) is 6.57. The summed E-state index contributed by atoms with van der Waals surface area (Å²) in [5, 5.41) is 13.8. The number of para-hydroxylation sites is 1. The van der Waals surface area contributed by atoms with E-state index in [0.29, 0.717) is 18.5 Å². The van der Waals surface area contributed by atoms with Gasteiger partial charge in [0, 0.05) is 5.69 Å². The first kappa shape index (κ1) is 15.0. The molecule has 2 amide bonds. The van der Waals surface area contributed by atoms with Gasteiger partial charge < -0.3 is 20.5 Å². The third-order valence-corrected chi connectivity index (χ3v) is 3.07. The molecule has 0 saturated carbocycles. The number of hydrogen-bond acceptors (Lipinski definition) is 4. The lowest BCUT2D eigenvalue weighted by Gasteiger charge is -2.11. The Labute approximate surface area is 121 Å². The van der Waals surface area contributed by atoms with Crippen LogP contribution in [-0.4, -0.2) is 41.6 Å². The Morgan fingerprint density at radius 2 is 1.81 bits per heavy atom. The molecule has 0 aromatic heterocycles. The Kier molecular flexibility index (Phi) is 4.89. The van der Waals surface area contributed by atoms with E-state index in [0.717, 1.165) is 0 Å². The van der Waals surface area contributed by atoms with E-state index in [1.54, 1.807) is 24.3 Å². The lowest BCUT2D eigenvalue weighted by molar-refractivity contribution is -0.152. The summed E-state index contributed by atoms with van der Waals surface area (Å²) in [7, 11) is 0. The molecule has 0 bridgehead atoms. The number of carboxylic acids is 1. The SMILES string of the molecule is O=C(CNC(=O)[C@@H]1CC[C@H](C(=O)O)O1)Nc1ccccc1. The van der Waals surface area contributed by atoms with Crippen LogP contribution >= 0.6 is 0 Å². The standard InChI is InChI=1S/C14H16N2O5/c17-12(16-9-4-2-1-3-5-9)8-15-13(18)10-6-7-11(21-10)14(19)20/h1-5,10-11H,6-8H2,(H,15,18)(H,16,17)(H,19,20)/t10-,11+/m0/s1. The molecule has 3 N–H and O–H groups in total. The van der Waals surface area contributed by atoms with Crippen molar-refractivity contribution in [2.24, 2.45) is 0 Å². The molecule has 1 heterocycles. The van der Waals surface area contributed by atoms with Gasteiger partial charge in [0.2, 0.25) is 11.8 Å². The molecule has 0 aliphatic carbocycles. The average molecular weight is 292 g/mol. The van der Waals surface area contributed by atoms with Gasteiger partial charge in [-0.25, -0.2) is 4.79 Å². The number of carbonyl (C=O) groups excluding carboxylic acids is 2. The van der Waals surface area contributed by atoms with Gasteiger partial charge in [-0.1, -0.05) is 18.2 Å². The van der Waals surface area contributed by atoms with E-state index < -0.39 is 24.1 Å². The van der Waals surface area contributed by atoms with Gasteiger partial charge in [0.05, 0.1) is 6.54 Å². The zero-order valence-corrected chi connectivity index (χ0v) is 11.2. The molecule has 21 heavy (non-hydrogen) atoms. The molecule has 1 aliphatic heterocycles. The highest BCUT2D eigenvalue weighted by Gasteiger charge is 2.34. The van der Waals surface area contributed by atoms with Crippen LogP contribution < -0.4 is 10.6 Å². The minimum atomic E-state index is -1.08. The summed E-state index contributed by atoms with van der Waals surface area (Å²) in [4.78, 5) is 34.1. The van der Waals surface area contributed by atoms with E-state index in [1.165, 1.54) is 0 Å². The summed E-state index contributed by atoms with van der Waals surface area (Å²) in [5.74, 6) is -1.91. The number of rotatable bonds is 5. The minimum Gasteiger partial charge on any atom is -0.479 e. The normalized spacial score (nSPS) is 20.8. The second-order valence-electron chi connectivity index (χ2n) is 4.66. The number of aliphatic carboxylic acids is 1. The summed E-state index contributed by atoms with van der Waals surface area (Å²) >= 11 is 0. The molecule has 112 valence electrons. The van der Waals surface area contributed by atoms with Gasteiger partial charge in [-0.2, -0.15) is 0 Å². The molecular weight excluding hydrogens is 276 g/mol. The molecule has 7 heteroatoms. The lowest BCUT2D eigenvalue weighted by Crippen LogP contribution is -2.39. The molecule has 0 radical (unpaired) electrons. The van der Waals surface area contributed by atoms with E-state index in [2.05, 4.69) is 10.6 Å². The molecular formula is C14H16N2O5.